The quantitative estimate of drug-likeness (QED) is 0.599. The van der Waals surface area contributed by atoms with Gasteiger partial charge < -0.3 is 4.74 Å². The summed E-state index contributed by atoms with van der Waals surface area (Å²) in [6, 6.07) is 0. The monoisotopic (exact) mass is 260 g/mol. The summed E-state index contributed by atoms with van der Waals surface area (Å²) in [5, 5.41) is 3.98. The molecule has 1 aromatic heterocycles. The molecule has 0 N–H and O–H groups in total. The standard InChI is InChI=1S/C9H13BrN2O2/c1-12-9(7(10)6-11-12)8(13)4-3-5-14-2/h6H,3-5H2,1-2H3. The van der Waals surface area contributed by atoms with Gasteiger partial charge >= 0.3 is 0 Å². The number of Topliss-reactive ketones (excluding diaryl/α,β-unsaturated/α-hetero) is 1. The first-order valence-electron chi connectivity index (χ1n) is 4.36. The molecular formula is C9H13BrN2O2. The highest BCUT2D eigenvalue weighted by atomic mass is 79.9. The lowest BCUT2D eigenvalue weighted by molar-refractivity contribution is 0.0953. The summed E-state index contributed by atoms with van der Waals surface area (Å²) < 4.78 is 7.22. The number of aryl methyl sites for hydroxylation is 1. The molecule has 0 bridgehead atoms. The summed E-state index contributed by atoms with van der Waals surface area (Å²) in [7, 11) is 3.39. The van der Waals surface area contributed by atoms with Crippen molar-refractivity contribution < 1.29 is 9.53 Å². The van der Waals surface area contributed by atoms with Crippen LogP contribution in [0.4, 0.5) is 0 Å². The van der Waals surface area contributed by atoms with Crippen molar-refractivity contribution in [3.63, 3.8) is 0 Å². The van der Waals surface area contributed by atoms with Crippen molar-refractivity contribution in [3.05, 3.63) is 16.4 Å². The zero-order valence-electron chi connectivity index (χ0n) is 8.29. The third kappa shape index (κ3) is 2.65. The van der Waals surface area contributed by atoms with Crippen LogP contribution >= 0.6 is 15.9 Å². The van der Waals surface area contributed by atoms with Crippen LogP contribution in [0.3, 0.4) is 0 Å². The number of rotatable bonds is 5. The normalized spacial score (nSPS) is 10.5. The number of hydrogen-bond acceptors (Lipinski definition) is 3. The van der Waals surface area contributed by atoms with Crippen LogP contribution in [-0.4, -0.2) is 29.3 Å². The number of ether oxygens (including phenoxy) is 1. The molecule has 0 aliphatic rings. The number of ketones is 1. The second-order valence-electron chi connectivity index (χ2n) is 2.98. The van der Waals surface area contributed by atoms with Gasteiger partial charge in [0.25, 0.3) is 0 Å². The lowest BCUT2D eigenvalue weighted by Gasteiger charge is -2.01. The van der Waals surface area contributed by atoms with E-state index in [1.165, 1.54) is 0 Å². The Labute approximate surface area is 91.4 Å². The molecule has 1 heterocycles. The Kier molecular flexibility index (Phi) is 4.28. The lowest BCUT2D eigenvalue weighted by atomic mass is 10.2. The average molecular weight is 261 g/mol. The van der Waals surface area contributed by atoms with Crippen LogP contribution in [0.15, 0.2) is 10.7 Å². The summed E-state index contributed by atoms with van der Waals surface area (Å²) in [6.07, 6.45) is 2.86. The Morgan fingerprint density at radius 2 is 2.43 bits per heavy atom. The first-order chi connectivity index (χ1) is 6.66. The number of aromatic nitrogens is 2. The van der Waals surface area contributed by atoms with E-state index < -0.39 is 0 Å². The molecule has 0 fully saturated rings. The average Bonchev–Trinajstić information content (AvgIpc) is 2.46. The number of carbonyl (C=O) groups excluding carboxylic acids is 1. The zero-order chi connectivity index (χ0) is 10.6. The molecule has 5 heteroatoms. The molecular weight excluding hydrogens is 248 g/mol. The van der Waals surface area contributed by atoms with Crippen molar-refractivity contribution in [2.24, 2.45) is 7.05 Å². The third-order valence-corrected chi connectivity index (χ3v) is 2.49. The minimum absolute atomic E-state index is 0.0916. The smallest absolute Gasteiger partial charge is 0.182 e. The van der Waals surface area contributed by atoms with Crippen LogP contribution in [0.2, 0.25) is 0 Å². The van der Waals surface area contributed by atoms with Crippen LogP contribution in [0, 0.1) is 0 Å². The van der Waals surface area contributed by atoms with Crippen molar-refractivity contribution in [2.75, 3.05) is 13.7 Å². The minimum atomic E-state index is 0.0916. The van der Waals surface area contributed by atoms with Crippen LogP contribution < -0.4 is 0 Å². The van der Waals surface area contributed by atoms with Gasteiger partial charge in [0, 0.05) is 27.2 Å². The molecule has 0 aromatic carbocycles. The second kappa shape index (κ2) is 5.26. The van der Waals surface area contributed by atoms with Crippen LogP contribution in [0.25, 0.3) is 0 Å². The van der Waals surface area contributed by atoms with Gasteiger partial charge in [-0.25, -0.2) is 0 Å². The minimum Gasteiger partial charge on any atom is -0.385 e. The highest BCUT2D eigenvalue weighted by molar-refractivity contribution is 9.10. The van der Waals surface area contributed by atoms with E-state index in [0.29, 0.717) is 18.7 Å². The van der Waals surface area contributed by atoms with Gasteiger partial charge in [0.05, 0.1) is 10.7 Å². The lowest BCUT2D eigenvalue weighted by Crippen LogP contribution is -2.08. The van der Waals surface area contributed by atoms with Gasteiger partial charge in [-0.15, -0.1) is 0 Å². The maximum Gasteiger partial charge on any atom is 0.182 e. The van der Waals surface area contributed by atoms with E-state index in [0.717, 1.165) is 10.9 Å². The summed E-state index contributed by atoms with van der Waals surface area (Å²) in [6.45, 7) is 0.612. The molecule has 0 saturated heterocycles. The van der Waals surface area contributed by atoms with E-state index in [4.69, 9.17) is 4.74 Å². The van der Waals surface area contributed by atoms with Crippen molar-refractivity contribution in [1.29, 1.82) is 0 Å². The van der Waals surface area contributed by atoms with E-state index >= 15 is 0 Å². The summed E-state index contributed by atoms with van der Waals surface area (Å²) >= 11 is 3.29. The van der Waals surface area contributed by atoms with Crippen LogP contribution in [-0.2, 0) is 11.8 Å². The highest BCUT2D eigenvalue weighted by Crippen LogP contribution is 2.17. The molecule has 0 spiro atoms. The van der Waals surface area contributed by atoms with Gasteiger partial charge in [-0.3, -0.25) is 9.48 Å². The fraction of sp³-hybridized carbons (Fsp3) is 0.556. The number of carbonyl (C=O) groups is 1. The molecule has 0 unspecified atom stereocenters. The van der Waals surface area contributed by atoms with Gasteiger partial charge in [0.1, 0.15) is 5.69 Å². The first kappa shape index (κ1) is 11.4. The van der Waals surface area contributed by atoms with Gasteiger partial charge in [0.2, 0.25) is 0 Å². The van der Waals surface area contributed by atoms with Crippen LogP contribution in [0.1, 0.15) is 23.3 Å². The predicted molar refractivity (Wildman–Crippen MR) is 56.3 cm³/mol. The fourth-order valence-electron chi connectivity index (χ4n) is 1.22. The van der Waals surface area contributed by atoms with Crippen molar-refractivity contribution in [1.82, 2.24) is 9.78 Å². The third-order valence-electron chi connectivity index (χ3n) is 1.91. The van der Waals surface area contributed by atoms with Gasteiger partial charge in [-0.2, -0.15) is 5.10 Å². The fourth-order valence-corrected chi connectivity index (χ4v) is 1.79. The van der Waals surface area contributed by atoms with Gasteiger partial charge in [-0.1, -0.05) is 0 Å². The summed E-state index contributed by atoms with van der Waals surface area (Å²) in [5.41, 5.74) is 0.626. The summed E-state index contributed by atoms with van der Waals surface area (Å²) in [5.74, 6) is 0.0916. The number of hydrogen-bond donors (Lipinski definition) is 0. The molecule has 1 rings (SSSR count). The highest BCUT2D eigenvalue weighted by Gasteiger charge is 2.14. The number of halogens is 1. The van der Waals surface area contributed by atoms with E-state index in [1.807, 2.05) is 0 Å². The van der Waals surface area contributed by atoms with Crippen molar-refractivity contribution >= 4 is 21.7 Å². The van der Waals surface area contributed by atoms with Gasteiger partial charge in [-0.05, 0) is 22.4 Å². The molecule has 0 amide bonds. The number of nitrogens with zero attached hydrogens (tertiary/aromatic N) is 2. The summed E-state index contributed by atoms with van der Waals surface area (Å²) in [4.78, 5) is 11.7. The van der Waals surface area contributed by atoms with E-state index in [9.17, 15) is 4.79 Å². The molecule has 0 aliphatic heterocycles. The molecule has 1 aromatic rings. The molecule has 0 aliphatic carbocycles. The van der Waals surface area contributed by atoms with Crippen LogP contribution in [0.5, 0.6) is 0 Å². The Balaban J connectivity index is 2.60. The molecule has 0 radical (unpaired) electrons. The zero-order valence-corrected chi connectivity index (χ0v) is 9.87. The first-order valence-corrected chi connectivity index (χ1v) is 5.15. The molecule has 14 heavy (non-hydrogen) atoms. The Morgan fingerprint density at radius 3 is 2.93 bits per heavy atom. The SMILES string of the molecule is COCCCC(=O)c1c(Br)cnn1C. The van der Waals surface area contributed by atoms with Crippen molar-refractivity contribution in [3.8, 4) is 0 Å². The predicted octanol–water partition coefficient (Wildman–Crippen LogP) is 1.79. The second-order valence-corrected chi connectivity index (χ2v) is 3.84. The van der Waals surface area contributed by atoms with E-state index in [-0.39, 0.29) is 5.78 Å². The Hall–Kier alpha value is -0.680. The Morgan fingerprint density at radius 1 is 1.71 bits per heavy atom. The van der Waals surface area contributed by atoms with E-state index in [2.05, 4.69) is 21.0 Å². The topological polar surface area (TPSA) is 44.1 Å². The van der Waals surface area contributed by atoms with E-state index in [1.54, 1.807) is 25.0 Å². The molecule has 4 nitrogen and oxygen atoms in total. The van der Waals surface area contributed by atoms with Gasteiger partial charge in [0.15, 0.2) is 5.78 Å². The maximum atomic E-state index is 11.7. The van der Waals surface area contributed by atoms with Crippen molar-refractivity contribution in [2.45, 2.75) is 12.8 Å². The maximum absolute atomic E-state index is 11.7. The molecule has 0 saturated carbocycles. The molecule has 78 valence electrons. The molecule has 0 atom stereocenters. The Bertz CT molecular complexity index is 303. The largest absolute Gasteiger partial charge is 0.385 e. The number of methoxy groups -OCH3 is 1.